The number of amides is 1. The molecule has 0 spiro atoms. The van der Waals surface area contributed by atoms with E-state index in [-0.39, 0.29) is 17.3 Å². The number of anilines is 1. The molecule has 0 heterocycles. The van der Waals surface area contributed by atoms with Gasteiger partial charge < -0.3 is 5.32 Å². The van der Waals surface area contributed by atoms with Gasteiger partial charge in [0.2, 0.25) is 5.91 Å². The molecular formula is C25H34N2O3S2. The fourth-order valence-electron chi connectivity index (χ4n) is 4.06. The summed E-state index contributed by atoms with van der Waals surface area (Å²) in [7, 11) is -3.88. The van der Waals surface area contributed by atoms with Crippen LogP contribution in [0.3, 0.4) is 0 Å². The minimum atomic E-state index is -3.88. The summed E-state index contributed by atoms with van der Waals surface area (Å²) >= 11 is 1.92. The van der Waals surface area contributed by atoms with E-state index in [4.69, 9.17) is 0 Å². The lowest BCUT2D eigenvalue weighted by Crippen LogP contribution is -2.41. The predicted molar refractivity (Wildman–Crippen MR) is 134 cm³/mol. The second kappa shape index (κ2) is 11.2. The molecule has 1 aliphatic carbocycles. The molecule has 0 aromatic heterocycles. The van der Waals surface area contributed by atoms with Gasteiger partial charge in [-0.05, 0) is 57.4 Å². The van der Waals surface area contributed by atoms with Gasteiger partial charge in [-0.2, -0.15) is 11.8 Å². The minimum absolute atomic E-state index is 0.184. The summed E-state index contributed by atoms with van der Waals surface area (Å²) in [5.41, 5.74) is 3.38. The maximum Gasteiger partial charge on any atom is 0.264 e. The van der Waals surface area contributed by atoms with E-state index in [1.165, 1.54) is 36.4 Å². The predicted octanol–water partition coefficient (Wildman–Crippen LogP) is 4.99. The van der Waals surface area contributed by atoms with Crippen LogP contribution in [0, 0.1) is 20.8 Å². The van der Waals surface area contributed by atoms with Crippen LogP contribution in [0.15, 0.2) is 47.4 Å². The number of nitrogens with one attached hydrogen (secondary N) is 1. The fraction of sp³-hybridized carbons (Fsp3) is 0.480. The summed E-state index contributed by atoms with van der Waals surface area (Å²) in [5, 5.41) is 3.61. The lowest BCUT2D eigenvalue weighted by atomic mass is 10.0. The van der Waals surface area contributed by atoms with Crippen LogP contribution in [0.5, 0.6) is 0 Å². The van der Waals surface area contributed by atoms with Crippen molar-refractivity contribution in [1.29, 1.82) is 0 Å². The van der Waals surface area contributed by atoms with Gasteiger partial charge in [-0.3, -0.25) is 9.10 Å². The monoisotopic (exact) mass is 474 g/mol. The van der Waals surface area contributed by atoms with Crippen LogP contribution in [-0.4, -0.2) is 38.4 Å². The number of hydrogen-bond acceptors (Lipinski definition) is 4. The number of benzene rings is 2. The Morgan fingerprint density at radius 2 is 1.66 bits per heavy atom. The molecule has 0 radical (unpaired) electrons. The van der Waals surface area contributed by atoms with Gasteiger partial charge in [-0.1, -0.05) is 54.7 Å². The van der Waals surface area contributed by atoms with Crippen molar-refractivity contribution in [2.45, 2.75) is 63.0 Å². The van der Waals surface area contributed by atoms with E-state index in [2.05, 4.69) is 5.32 Å². The standard InChI is InChI=1S/C25H34N2O3S2/c1-19-9-12-23(13-10-19)32(29,30)27(24-14-11-20(2)17-21(24)3)18-25(28)26-15-16-31-22-7-5-4-6-8-22/h9-14,17,22H,4-8,15-16,18H2,1-3H3,(H,26,28). The zero-order valence-electron chi connectivity index (χ0n) is 19.3. The first-order valence-electron chi connectivity index (χ1n) is 11.3. The van der Waals surface area contributed by atoms with Crippen LogP contribution >= 0.6 is 11.8 Å². The quantitative estimate of drug-likeness (QED) is 0.520. The number of hydrogen-bond donors (Lipinski definition) is 1. The molecule has 7 heteroatoms. The molecule has 0 unspecified atom stereocenters. The maximum absolute atomic E-state index is 13.5. The highest BCUT2D eigenvalue weighted by Crippen LogP contribution is 2.29. The third kappa shape index (κ3) is 6.51. The third-order valence-electron chi connectivity index (χ3n) is 5.85. The topological polar surface area (TPSA) is 66.5 Å². The zero-order chi connectivity index (χ0) is 23.1. The Kier molecular flexibility index (Phi) is 8.65. The van der Waals surface area contributed by atoms with E-state index in [1.54, 1.807) is 30.3 Å². The van der Waals surface area contributed by atoms with Gasteiger partial charge in [-0.25, -0.2) is 8.42 Å². The van der Waals surface area contributed by atoms with Crippen molar-refractivity contribution >= 4 is 33.4 Å². The molecule has 1 aliphatic rings. The Morgan fingerprint density at radius 1 is 1.00 bits per heavy atom. The Bertz CT molecular complexity index is 1010. The van der Waals surface area contributed by atoms with Crippen LogP contribution < -0.4 is 9.62 Å². The van der Waals surface area contributed by atoms with Gasteiger partial charge in [0, 0.05) is 17.5 Å². The van der Waals surface area contributed by atoms with Crippen molar-refractivity contribution in [2.24, 2.45) is 0 Å². The van der Waals surface area contributed by atoms with Crippen LogP contribution in [0.1, 0.15) is 48.8 Å². The van der Waals surface area contributed by atoms with E-state index < -0.39 is 10.0 Å². The molecule has 3 rings (SSSR count). The molecule has 1 fully saturated rings. The molecular weight excluding hydrogens is 440 g/mol. The van der Waals surface area contributed by atoms with E-state index in [0.29, 0.717) is 17.5 Å². The third-order valence-corrected chi connectivity index (χ3v) is 9.00. The molecule has 32 heavy (non-hydrogen) atoms. The van der Waals surface area contributed by atoms with E-state index >= 15 is 0 Å². The summed E-state index contributed by atoms with van der Waals surface area (Å²) in [6.45, 7) is 6.06. The highest BCUT2D eigenvalue weighted by molar-refractivity contribution is 7.99. The lowest BCUT2D eigenvalue weighted by Gasteiger charge is -2.26. The van der Waals surface area contributed by atoms with Crippen molar-refractivity contribution in [2.75, 3.05) is 23.1 Å². The van der Waals surface area contributed by atoms with Crippen molar-refractivity contribution in [3.63, 3.8) is 0 Å². The number of rotatable bonds is 9. The number of aryl methyl sites for hydroxylation is 3. The second-order valence-electron chi connectivity index (χ2n) is 8.60. The molecule has 1 N–H and O–H groups in total. The number of sulfonamides is 1. The number of carbonyl (C=O) groups excluding carboxylic acids is 1. The first-order valence-corrected chi connectivity index (χ1v) is 13.8. The molecule has 0 atom stereocenters. The molecule has 2 aromatic carbocycles. The molecule has 0 aliphatic heterocycles. The van der Waals surface area contributed by atoms with Crippen LogP contribution in [0.25, 0.3) is 0 Å². The normalized spacial score (nSPS) is 14.8. The molecule has 5 nitrogen and oxygen atoms in total. The molecule has 2 aromatic rings. The molecule has 174 valence electrons. The largest absolute Gasteiger partial charge is 0.354 e. The van der Waals surface area contributed by atoms with Crippen LogP contribution in [0.2, 0.25) is 0 Å². The lowest BCUT2D eigenvalue weighted by molar-refractivity contribution is -0.119. The first-order chi connectivity index (χ1) is 15.3. The average Bonchev–Trinajstić information content (AvgIpc) is 2.76. The van der Waals surface area contributed by atoms with Crippen molar-refractivity contribution in [3.05, 3.63) is 59.2 Å². The van der Waals surface area contributed by atoms with Gasteiger partial charge in [0.1, 0.15) is 6.54 Å². The summed E-state index contributed by atoms with van der Waals surface area (Å²) in [6, 6.07) is 12.3. The van der Waals surface area contributed by atoms with Crippen molar-refractivity contribution in [1.82, 2.24) is 5.32 Å². The Hall–Kier alpha value is -1.99. The van der Waals surface area contributed by atoms with Crippen LogP contribution in [0.4, 0.5) is 5.69 Å². The smallest absolute Gasteiger partial charge is 0.264 e. The Balaban J connectivity index is 1.72. The van der Waals surface area contributed by atoms with E-state index in [1.807, 2.05) is 44.7 Å². The highest BCUT2D eigenvalue weighted by atomic mass is 32.2. The van der Waals surface area contributed by atoms with Gasteiger partial charge >= 0.3 is 0 Å². The summed E-state index contributed by atoms with van der Waals surface area (Å²) < 4.78 is 28.2. The SMILES string of the molecule is Cc1ccc(S(=O)(=O)N(CC(=O)NCCSC2CCCCC2)c2ccc(C)cc2C)cc1. The fourth-order valence-corrected chi connectivity index (χ4v) is 6.76. The van der Waals surface area contributed by atoms with Crippen molar-refractivity contribution < 1.29 is 13.2 Å². The van der Waals surface area contributed by atoms with Gasteiger partial charge in [0.05, 0.1) is 10.6 Å². The Labute approximate surface area is 197 Å². The minimum Gasteiger partial charge on any atom is -0.354 e. The molecule has 0 bridgehead atoms. The number of thioether (sulfide) groups is 1. The van der Waals surface area contributed by atoms with Gasteiger partial charge in [-0.15, -0.1) is 0 Å². The zero-order valence-corrected chi connectivity index (χ0v) is 20.9. The first kappa shape index (κ1) is 24.6. The number of nitrogens with zero attached hydrogens (tertiary/aromatic N) is 1. The highest BCUT2D eigenvalue weighted by Gasteiger charge is 2.28. The summed E-state index contributed by atoms with van der Waals surface area (Å²) in [5.74, 6) is 0.565. The van der Waals surface area contributed by atoms with Crippen LogP contribution in [-0.2, 0) is 14.8 Å². The van der Waals surface area contributed by atoms with Gasteiger partial charge in [0.15, 0.2) is 0 Å². The molecule has 0 saturated heterocycles. The van der Waals surface area contributed by atoms with E-state index in [0.717, 1.165) is 22.4 Å². The van der Waals surface area contributed by atoms with Gasteiger partial charge in [0.25, 0.3) is 10.0 Å². The average molecular weight is 475 g/mol. The molecule has 1 saturated carbocycles. The second-order valence-corrected chi connectivity index (χ2v) is 11.9. The van der Waals surface area contributed by atoms with E-state index in [9.17, 15) is 13.2 Å². The number of carbonyl (C=O) groups is 1. The molecule has 1 amide bonds. The Morgan fingerprint density at radius 3 is 2.31 bits per heavy atom. The maximum atomic E-state index is 13.5. The summed E-state index contributed by atoms with van der Waals surface area (Å²) in [4.78, 5) is 12.9. The van der Waals surface area contributed by atoms with Crippen molar-refractivity contribution in [3.8, 4) is 0 Å². The summed E-state index contributed by atoms with van der Waals surface area (Å²) in [6.07, 6.45) is 6.44.